The Morgan fingerprint density at radius 3 is 2.77 bits per heavy atom. The van der Waals surface area contributed by atoms with Crippen LogP contribution in [-0.4, -0.2) is 26.8 Å². The Bertz CT molecular complexity index is 935. The number of rotatable bonds is 3. The molecule has 0 aliphatic carbocycles. The van der Waals surface area contributed by atoms with Gasteiger partial charge in [-0.05, 0) is 39.8 Å². The van der Waals surface area contributed by atoms with E-state index >= 15 is 0 Å². The Morgan fingerprint density at radius 1 is 1.36 bits per heavy atom. The Morgan fingerprint density at radius 2 is 2.09 bits per heavy atom. The molecule has 0 aliphatic rings. The highest BCUT2D eigenvalue weighted by Gasteiger charge is 2.22. The number of carbonyl (C=O) groups is 1. The molecule has 0 fully saturated rings. The van der Waals surface area contributed by atoms with Gasteiger partial charge in [-0.25, -0.2) is 9.48 Å². The maximum atomic E-state index is 12.7. The largest absolute Gasteiger partial charge is 0.464 e. The number of nitrogens with zero attached hydrogens (tertiary/aromatic N) is 3. The number of aromatic nitrogens is 3. The quantitative estimate of drug-likeness (QED) is 0.696. The lowest BCUT2D eigenvalue weighted by atomic mass is 10.3. The van der Waals surface area contributed by atoms with Crippen molar-refractivity contribution >= 4 is 33.0 Å². The first-order valence-electron chi connectivity index (χ1n) is 7.11. The average molecular weight is 319 g/mol. The van der Waals surface area contributed by atoms with E-state index in [9.17, 15) is 9.59 Å². The SMILES string of the molecule is CCOC(=O)[C@@H](C)n1nc(C)n2c(cc3sc(C)cc32)c1=O. The van der Waals surface area contributed by atoms with Crippen LogP contribution in [0.3, 0.4) is 0 Å². The lowest BCUT2D eigenvalue weighted by molar-refractivity contribution is -0.147. The van der Waals surface area contributed by atoms with Gasteiger partial charge in [0.1, 0.15) is 11.3 Å². The van der Waals surface area contributed by atoms with Gasteiger partial charge in [0.15, 0.2) is 6.04 Å². The number of carbonyl (C=O) groups excluding carboxylic acids is 1. The van der Waals surface area contributed by atoms with Gasteiger partial charge in [0.25, 0.3) is 5.56 Å². The van der Waals surface area contributed by atoms with E-state index in [1.165, 1.54) is 9.56 Å². The predicted octanol–water partition coefficient (Wildman–Crippen LogP) is 2.45. The molecular formula is C15H17N3O3S. The van der Waals surface area contributed by atoms with E-state index in [4.69, 9.17) is 4.74 Å². The second-order valence-electron chi connectivity index (χ2n) is 5.20. The molecule has 0 spiro atoms. The summed E-state index contributed by atoms with van der Waals surface area (Å²) < 4.78 is 9.07. The van der Waals surface area contributed by atoms with E-state index in [0.29, 0.717) is 11.3 Å². The Balaban J connectivity index is 2.24. The van der Waals surface area contributed by atoms with Gasteiger partial charge in [0.2, 0.25) is 0 Å². The van der Waals surface area contributed by atoms with Crippen LogP contribution in [0.4, 0.5) is 0 Å². The van der Waals surface area contributed by atoms with Crippen molar-refractivity contribution in [1.82, 2.24) is 14.2 Å². The van der Waals surface area contributed by atoms with Gasteiger partial charge >= 0.3 is 5.97 Å². The van der Waals surface area contributed by atoms with E-state index in [1.54, 1.807) is 25.2 Å². The molecule has 0 aliphatic heterocycles. The Hall–Kier alpha value is -2.15. The molecule has 3 aromatic heterocycles. The van der Waals surface area contributed by atoms with Crippen LogP contribution in [0.5, 0.6) is 0 Å². The summed E-state index contributed by atoms with van der Waals surface area (Å²) >= 11 is 1.64. The molecule has 7 heteroatoms. The summed E-state index contributed by atoms with van der Waals surface area (Å²) in [4.78, 5) is 25.7. The zero-order chi connectivity index (χ0) is 16.0. The van der Waals surface area contributed by atoms with Crippen molar-refractivity contribution in [2.75, 3.05) is 6.61 Å². The van der Waals surface area contributed by atoms with Crippen LogP contribution in [0.25, 0.3) is 15.7 Å². The third-order valence-electron chi connectivity index (χ3n) is 3.61. The van der Waals surface area contributed by atoms with E-state index < -0.39 is 12.0 Å². The molecule has 3 rings (SSSR count). The van der Waals surface area contributed by atoms with Crippen molar-refractivity contribution in [3.8, 4) is 0 Å². The molecule has 0 unspecified atom stereocenters. The van der Waals surface area contributed by atoms with Gasteiger partial charge in [-0.3, -0.25) is 9.20 Å². The minimum Gasteiger partial charge on any atom is -0.464 e. The molecule has 1 atom stereocenters. The van der Waals surface area contributed by atoms with Gasteiger partial charge in [-0.1, -0.05) is 0 Å². The van der Waals surface area contributed by atoms with Crippen molar-refractivity contribution in [3.05, 3.63) is 33.2 Å². The normalized spacial score (nSPS) is 12.9. The van der Waals surface area contributed by atoms with Crippen LogP contribution in [0, 0.1) is 13.8 Å². The Kier molecular flexibility index (Phi) is 3.52. The van der Waals surface area contributed by atoms with Crippen LogP contribution < -0.4 is 5.56 Å². The van der Waals surface area contributed by atoms with Crippen molar-refractivity contribution in [1.29, 1.82) is 0 Å². The first-order valence-corrected chi connectivity index (χ1v) is 7.93. The first kappa shape index (κ1) is 14.8. The number of esters is 1. The van der Waals surface area contributed by atoms with Gasteiger partial charge < -0.3 is 4.74 Å². The van der Waals surface area contributed by atoms with E-state index in [2.05, 4.69) is 5.10 Å². The number of ether oxygens (including phenoxy) is 1. The summed E-state index contributed by atoms with van der Waals surface area (Å²) in [6, 6.07) is 3.16. The molecule has 0 aromatic carbocycles. The molecule has 0 bridgehead atoms. The molecule has 116 valence electrons. The lowest BCUT2D eigenvalue weighted by Gasteiger charge is -2.14. The highest BCUT2D eigenvalue weighted by Crippen LogP contribution is 2.28. The van der Waals surface area contributed by atoms with Crippen molar-refractivity contribution in [2.24, 2.45) is 0 Å². The molecule has 0 saturated carbocycles. The molecule has 0 N–H and O–H groups in total. The van der Waals surface area contributed by atoms with Gasteiger partial charge in [-0.15, -0.1) is 11.3 Å². The van der Waals surface area contributed by atoms with Gasteiger partial charge in [0, 0.05) is 4.88 Å². The van der Waals surface area contributed by atoms with Crippen LogP contribution in [0.2, 0.25) is 0 Å². The van der Waals surface area contributed by atoms with Gasteiger partial charge in [0.05, 0.1) is 16.8 Å². The smallest absolute Gasteiger partial charge is 0.330 e. The summed E-state index contributed by atoms with van der Waals surface area (Å²) in [5.41, 5.74) is 1.23. The molecular weight excluding hydrogens is 302 g/mol. The summed E-state index contributed by atoms with van der Waals surface area (Å²) in [6.07, 6.45) is 0. The van der Waals surface area contributed by atoms with Crippen molar-refractivity contribution in [2.45, 2.75) is 33.7 Å². The zero-order valence-corrected chi connectivity index (χ0v) is 13.7. The standard InChI is InChI=1S/C15H17N3O3S/c1-5-21-15(20)9(3)18-14(19)12-7-13-11(6-8(2)22-13)17(12)10(4)16-18/h6-7,9H,5H2,1-4H3/t9-/m1/s1. The van der Waals surface area contributed by atoms with Crippen molar-refractivity contribution in [3.63, 3.8) is 0 Å². The second-order valence-corrected chi connectivity index (χ2v) is 6.48. The molecule has 0 amide bonds. The molecule has 22 heavy (non-hydrogen) atoms. The van der Waals surface area contributed by atoms with Crippen molar-refractivity contribution < 1.29 is 9.53 Å². The molecule has 0 saturated heterocycles. The van der Waals surface area contributed by atoms with Crippen LogP contribution in [0.15, 0.2) is 16.9 Å². The second kappa shape index (κ2) is 5.24. The summed E-state index contributed by atoms with van der Waals surface area (Å²) in [6.45, 7) is 7.49. The predicted molar refractivity (Wildman–Crippen MR) is 85.7 cm³/mol. The highest BCUT2D eigenvalue weighted by atomic mass is 32.1. The third-order valence-corrected chi connectivity index (χ3v) is 4.60. The van der Waals surface area contributed by atoms with E-state index in [1.807, 2.05) is 30.4 Å². The summed E-state index contributed by atoms with van der Waals surface area (Å²) in [7, 11) is 0. The van der Waals surface area contributed by atoms with E-state index in [-0.39, 0.29) is 12.2 Å². The fourth-order valence-corrected chi connectivity index (χ4v) is 3.55. The number of thiophene rings is 1. The topological polar surface area (TPSA) is 65.6 Å². The minimum absolute atomic E-state index is 0.277. The number of fused-ring (bicyclic) bond motifs is 3. The summed E-state index contributed by atoms with van der Waals surface area (Å²) in [5, 5.41) is 4.31. The average Bonchev–Trinajstić information content (AvgIpc) is 2.98. The fraction of sp³-hybridized carbons (Fsp3) is 0.400. The zero-order valence-electron chi connectivity index (χ0n) is 12.9. The lowest BCUT2D eigenvalue weighted by Crippen LogP contribution is -2.33. The number of hydrogen-bond acceptors (Lipinski definition) is 5. The monoisotopic (exact) mass is 319 g/mol. The molecule has 3 heterocycles. The summed E-state index contributed by atoms with van der Waals surface area (Å²) in [5.74, 6) is 0.212. The van der Waals surface area contributed by atoms with Crippen LogP contribution >= 0.6 is 11.3 Å². The van der Waals surface area contributed by atoms with Crippen LogP contribution in [0.1, 0.15) is 30.6 Å². The Labute approximate surface area is 130 Å². The first-order chi connectivity index (χ1) is 10.4. The maximum absolute atomic E-state index is 12.7. The van der Waals surface area contributed by atoms with Gasteiger partial charge in [-0.2, -0.15) is 5.10 Å². The fourth-order valence-electron chi connectivity index (χ4n) is 2.61. The maximum Gasteiger partial charge on any atom is 0.330 e. The third kappa shape index (κ3) is 2.12. The molecule has 3 aromatic rings. The molecule has 6 nitrogen and oxygen atoms in total. The van der Waals surface area contributed by atoms with E-state index in [0.717, 1.165) is 10.2 Å². The van der Waals surface area contributed by atoms with Crippen LogP contribution in [-0.2, 0) is 9.53 Å². The number of hydrogen-bond donors (Lipinski definition) is 0. The number of aryl methyl sites for hydroxylation is 2. The molecule has 0 radical (unpaired) electrons. The highest BCUT2D eigenvalue weighted by molar-refractivity contribution is 7.19. The minimum atomic E-state index is -0.745.